The summed E-state index contributed by atoms with van der Waals surface area (Å²) < 4.78 is 0. The van der Waals surface area contributed by atoms with Crippen LogP contribution in [0, 0.1) is 52.8 Å². The van der Waals surface area contributed by atoms with E-state index in [2.05, 4.69) is 40.7 Å². The Morgan fingerprint density at radius 1 is 1.10 bits per heavy atom. The quantitative estimate of drug-likeness (QED) is 0.508. The standard InChI is InChI=1S/C20H32/c1-11-6-14-7-12(2)9-16-18(15(14)8-11)13(3)10-17-19(16)20(17,4)5/h9,11,13-19H,6-8,10H2,1-5H3/t11?,13-,14-,15-,16-,17?,18?,19+/m1/s1. The van der Waals surface area contributed by atoms with Crippen molar-refractivity contribution in [2.24, 2.45) is 52.8 Å². The maximum Gasteiger partial charge on any atom is -0.0161 e. The summed E-state index contributed by atoms with van der Waals surface area (Å²) in [6.45, 7) is 12.6. The summed E-state index contributed by atoms with van der Waals surface area (Å²) in [5.41, 5.74) is 2.35. The molecule has 3 fully saturated rings. The predicted molar refractivity (Wildman–Crippen MR) is 85.3 cm³/mol. The lowest BCUT2D eigenvalue weighted by atomic mass is 9.65. The minimum Gasteiger partial charge on any atom is -0.0819 e. The predicted octanol–water partition coefficient (Wildman–Crippen LogP) is 5.54. The molecule has 0 heterocycles. The molecule has 4 aliphatic rings. The van der Waals surface area contributed by atoms with Gasteiger partial charge in [0, 0.05) is 0 Å². The zero-order valence-electron chi connectivity index (χ0n) is 14.0. The highest BCUT2D eigenvalue weighted by atomic mass is 14.7. The summed E-state index contributed by atoms with van der Waals surface area (Å²) >= 11 is 0. The van der Waals surface area contributed by atoms with Gasteiger partial charge in [-0.1, -0.05) is 39.3 Å². The molecule has 0 nitrogen and oxygen atoms in total. The van der Waals surface area contributed by atoms with Crippen LogP contribution in [0.15, 0.2) is 11.6 Å². The maximum absolute atomic E-state index is 2.75. The SMILES string of the molecule is CC1=C[C@@H]2C([C@H](C)CC3[C@H]2C3(C)C)[C@@H]2CC(C)C[C@@H]2C1. The summed E-state index contributed by atoms with van der Waals surface area (Å²) in [4.78, 5) is 0. The highest BCUT2D eigenvalue weighted by molar-refractivity contribution is 5.22. The van der Waals surface area contributed by atoms with Crippen molar-refractivity contribution in [3.05, 3.63) is 11.6 Å². The van der Waals surface area contributed by atoms with Crippen molar-refractivity contribution >= 4 is 0 Å². The molecule has 4 rings (SSSR count). The molecule has 112 valence electrons. The first-order chi connectivity index (χ1) is 9.39. The van der Waals surface area contributed by atoms with Gasteiger partial charge in [-0.25, -0.2) is 0 Å². The molecule has 0 aromatic carbocycles. The average Bonchev–Trinajstić information content (AvgIpc) is 2.73. The van der Waals surface area contributed by atoms with Crippen molar-refractivity contribution in [3.8, 4) is 0 Å². The fourth-order valence-electron chi connectivity index (χ4n) is 7.06. The molecule has 20 heavy (non-hydrogen) atoms. The number of hydrogen-bond acceptors (Lipinski definition) is 0. The van der Waals surface area contributed by atoms with Gasteiger partial charge in [-0.05, 0) is 85.4 Å². The molecule has 0 N–H and O–H groups in total. The third-order valence-corrected chi connectivity index (χ3v) is 7.82. The molecular weight excluding hydrogens is 240 g/mol. The minimum atomic E-state index is 0.633. The molecule has 8 atom stereocenters. The molecule has 0 aromatic heterocycles. The van der Waals surface area contributed by atoms with E-state index in [-0.39, 0.29) is 0 Å². The molecule has 0 aliphatic heterocycles. The summed E-state index contributed by atoms with van der Waals surface area (Å²) in [7, 11) is 0. The normalized spacial score (nSPS) is 56.1. The Kier molecular flexibility index (Phi) is 2.78. The van der Waals surface area contributed by atoms with Crippen molar-refractivity contribution in [2.45, 2.75) is 60.3 Å². The minimum absolute atomic E-state index is 0.633. The number of allylic oxidation sites excluding steroid dienone is 2. The van der Waals surface area contributed by atoms with E-state index in [1.165, 1.54) is 25.7 Å². The Balaban J connectivity index is 1.72. The molecule has 0 spiro atoms. The van der Waals surface area contributed by atoms with E-state index in [0.717, 1.165) is 47.3 Å². The van der Waals surface area contributed by atoms with E-state index < -0.39 is 0 Å². The van der Waals surface area contributed by atoms with Crippen molar-refractivity contribution in [3.63, 3.8) is 0 Å². The van der Waals surface area contributed by atoms with Gasteiger partial charge in [0.1, 0.15) is 0 Å². The van der Waals surface area contributed by atoms with E-state index in [0.29, 0.717) is 5.41 Å². The van der Waals surface area contributed by atoms with E-state index >= 15 is 0 Å². The summed E-state index contributed by atoms with van der Waals surface area (Å²) in [6, 6.07) is 0. The Labute approximate surface area is 125 Å². The average molecular weight is 272 g/mol. The van der Waals surface area contributed by atoms with E-state index in [4.69, 9.17) is 0 Å². The van der Waals surface area contributed by atoms with Gasteiger partial charge in [-0.3, -0.25) is 0 Å². The fraction of sp³-hybridized carbons (Fsp3) is 0.900. The second kappa shape index (κ2) is 4.14. The number of rotatable bonds is 0. The highest BCUT2D eigenvalue weighted by Gasteiger charge is 2.66. The van der Waals surface area contributed by atoms with Crippen molar-refractivity contribution in [2.75, 3.05) is 0 Å². The van der Waals surface area contributed by atoms with Crippen LogP contribution in [0.4, 0.5) is 0 Å². The van der Waals surface area contributed by atoms with E-state index in [9.17, 15) is 0 Å². The summed E-state index contributed by atoms with van der Waals surface area (Å²) in [5, 5.41) is 0. The first-order valence-corrected chi connectivity index (χ1v) is 9.07. The zero-order valence-corrected chi connectivity index (χ0v) is 14.0. The lowest BCUT2D eigenvalue weighted by molar-refractivity contribution is 0.0994. The zero-order chi connectivity index (χ0) is 14.2. The lowest BCUT2D eigenvalue weighted by Gasteiger charge is -2.40. The smallest absolute Gasteiger partial charge is 0.0161 e. The van der Waals surface area contributed by atoms with Gasteiger partial charge in [0.2, 0.25) is 0 Å². The fourth-order valence-corrected chi connectivity index (χ4v) is 7.06. The summed E-state index contributed by atoms with van der Waals surface area (Å²) in [6.07, 6.45) is 8.70. The van der Waals surface area contributed by atoms with Gasteiger partial charge in [0.05, 0.1) is 0 Å². The largest absolute Gasteiger partial charge is 0.0819 e. The first kappa shape index (κ1) is 13.4. The van der Waals surface area contributed by atoms with E-state index in [1.807, 2.05) is 0 Å². The van der Waals surface area contributed by atoms with Crippen LogP contribution < -0.4 is 0 Å². The van der Waals surface area contributed by atoms with Gasteiger partial charge < -0.3 is 0 Å². The van der Waals surface area contributed by atoms with E-state index in [1.54, 1.807) is 5.57 Å². The first-order valence-electron chi connectivity index (χ1n) is 9.07. The van der Waals surface area contributed by atoms with Crippen LogP contribution in [-0.4, -0.2) is 0 Å². The topological polar surface area (TPSA) is 0 Å². The third kappa shape index (κ3) is 1.72. The van der Waals surface area contributed by atoms with Gasteiger partial charge >= 0.3 is 0 Å². The van der Waals surface area contributed by atoms with Gasteiger partial charge in [0.15, 0.2) is 0 Å². The van der Waals surface area contributed by atoms with Gasteiger partial charge in [0.25, 0.3) is 0 Å². The highest BCUT2D eigenvalue weighted by Crippen LogP contribution is 2.71. The van der Waals surface area contributed by atoms with Crippen molar-refractivity contribution in [1.29, 1.82) is 0 Å². The molecule has 4 aliphatic carbocycles. The molecular formula is C20H32. The van der Waals surface area contributed by atoms with Crippen LogP contribution in [0.3, 0.4) is 0 Å². The molecule has 0 saturated heterocycles. The number of hydrogen-bond donors (Lipinski definition) is 0. The van der Waals surface area contributed by atoms with Gasteiger partial charge in [-0.15, -0.1) is 0 Å². The second-order valence-electron chi connectivity index (χ2n) is 9.54. The Morgan fingerprint density at radius 3 is 2.60 bits per heavy atom. The van der Waals surface area contributed by atoms with Gasteiger partial charge in [-0.2, -0.15) is 0 Å². The molecule has 0 bridgehead atoms. The second-order valence-corrected chi connectivity index (χ2v) is 9.54. The van der Waals surface area contributed by atoms with Crippen LogP contribution in [-0.2, 0) is 0 Å². The number of fused-ring (bicyclic) bond motifs is 5. The molecule has 0 amide bonds. The Hall–Kier alpha value is -0.260. The molecule has 3 unspecified atom stereocenters. The van der Waals surface area contributed by atoms with Crippen LogP contribution in [0.2, 0.25) is 0 Å². The molecule has 3 saturated carbocycles. The van der Waals surface area contributed by atoms with Crippen LogP contribution in [0.25, 0.3) is 0 Å². The monoisotopic (exact) mass is 272 g/mol. The molecule has 0 heteroatoms. The van der Waals surface area contributed by atoms with Crippen LogP contribution in [0.1, 0.15) is 60.3 Å². The summed E-state index contributed by atoms with van der Waals surface area (Å²) in [5.74, 6) is 7.95. The third-order valence-electron chi connectivity index (χ3n) is 7.82. The van der Waals surface area contributed by atoms with Crippen molar-refractivity contribution in [1.82, 2.24) is 0 Å². The molecule has 0 aromatic rings. The lowest BCUT2D eigenvalue weighted by Crippen LogP contribution is -2.34. The Bertz CT molecular complexity index is 443. The van der Waals surface area contributed by atoms with Crippen LogP contribution in [0.5, 0.6) is 0 Å². The molecule has 0 radical (unpaired) electrons. The van der Waals surface area contributed by atoms with Crippen molar-refractivity contribution < 1.29 is 0 Å². The van der Waals surface area contributed by atoms with Crippen LogP contribution >= 0.6 is 0 Å². The Morgan fingerprint density at radius 2 is 1.85 bits per heavy atom. The maximum atomic E-state index is 2.75.